The summed E-state index contributed by atoms with van der Waals surface area (Å²) >= 11 is 7.86. The summed E-state index contributed by atoms with van der Waals surface area (Å²) in [5.74, 6) is 2.84. The van der Waals surface area contributed by atoms with Gasteiger partial charge in [0.05, 0.1) is 6.04 Å². The number of hydrogen-bond donors (Lipinski definition) is 1. The first-order valence-corrected chi connectivity index (χ1v) is 7.83. The van der Waals surface area contributed by atoms with Crippen molar-refractivity contribution < 1.29 is 8.91 Å². The third-order valence-corrected chi connectivity index (χ3v) is 4.48. The van der Waals surface area contributed by atoms with E-state index in [9.17, 15) is 4.39 Å². The minimum Gasteiger partial charge on any atom is -0.338 e. The van der Waals surface area contributed by atoms with E-state index >= 15 is 0 Å². The van der Waals surface area contributed by atoms with Gasteiger partial charge in [-0.3, -0.25) is 0 Å². The Morgan fingerprint density at radius 3 is 3.15 bits per heavy atom. The van der Waals surface area contributed by atoms with Crippen molar-refractivity contribution in [2.75, 3.05) is 18.1 Å². The van der Waals surface area contributed by atoms with E-state index in [1.165, 1.54) is 12.1 Å². The smallest absolute Gasteiger partial charge is 0.244 e. The molecule has 1 N–H and O–H groups in total. The van der Waals surface area contributed by atoms with E-state index in [1.807, 2.05) is 11.8 Å². The van der Waals surface area contributed by atoms with Crippen LogP contribution in [-0.4, -0.2) is 28.2 Å². The van der Waals surface area contributed by atoms with Crippen molar-refractivity contribution in [2.24, 2.45) is 0 Å². The summed E-state index contributed by atoms with van der Waals surface area (Å²) in [6.07, 6.45) is 0.433. The van der Waals surface area contributed by atoms with E-state index in [-0.39, 0.29) is 11.9 Å². The van der Waals surface area contributed by atoms with Gasteiger partial charge in [-0.2, -0.15) is 16.7 Å². The molecule has 1 fully saturated rings. The van der Waals surface area contributed by atoms with Gasteiger partial charge in [-0.15, -0.1) is 0 Å². The summed E-state index contributed by atoms with van der Waals surface area (Å²) in [5, 5.41) is 7.68. The molecule has 1 unspecified atom stereocenters. The fourth-order valence-electron chi connectivity index (χ4n) is 2.04. The van der Waals surface area contributed by atoms with Crippen LogP contribution in [0.1, 0.15) is 23.3 Å². The van der Waals surface area contributed by atoms with Crippen LogP contribution >= 0.6 is 23.4 Å². The average Bonchev–Trinajstić information content (AvgIpc) is 2.92. The second-order valence-corrected chi connectivity index (χ2v) is 6.10. The summed E-state index contributed by atoms with van der Waals surface area (Å²) in [5.41, 5.74) is 0.784. The molecule has 1 aliphatic rings. The van der Waals surface area contributed by atoms with Crippen molar-refractivity contribution >= 4 is 23.4 Å². The molecular formula is C13H13ClFN3OS. The normalized spacial score (nSPS) is 19.2. The molecule has 0 amide bonds. The van der Waals surface area contributed by atoms with Gasteiger partial charge >= 0.3 is 0 Å². The molecule has 0 aliphatic carbocycles. The number of aromatic nitrogens is 2. The topological polar surface area (TPSA) is 51.0 Å². The van der Waals surface area contributed by atoms with Crippen LogP contribution < -0.4 is 5.32 Å². The molecule has 0 saturated carbocycles. The van der Waals surface area contributed by atoms with Gasteiger partial charge in [-0.1, -0.05) is 22.8 Å². The molecule has 2 heterocycles. The molecule has 1 aliphatic heterocycles. The minimum atomic E-state index is -0.351. The first-order valence-electron chi connectivity index (χ1n) is 6.30. The van der Waals surface area contributed by atoms with Crippen molar-refractivity contribution in [3.8, 4) is 0 Å². The minimum absolute atomic E-state index is 0.110. The SMILES string of the molecule is Fc1ccc(Cc2noc(C3CSCCN3)n2)c(Cl)c1. The highest BCUT2D eigenvalue weighted by Gasteiger charge is 2.21. The molecule has 0 radical (unpaired) electrons. The van der Waals surface area contributed by atoms with E-state index in [2.05, 4.69) is 15.5 Å². The Morgan fingerprint density at radius 2 is 2.40 bits per heavy atom. The quantitative estimate of drug-likeness (QED) is 0.944. The number of hydrogen-bond acceptors (Lipinski definition) is 5. The van der Waals surface area contributed by atoms with Gasteiger partial charge in [0.25, 0.3) is 0 Å². The molecule has 2 aromatic rings. The summed E-state index contributed by atoms with van der Waals surface area (Å²) in [7, 11) is 0. The first-order chi connectivity index (χ1) is 9.72. The van der Waals surface area contributed by atoms with E-state index in [1.54, 1.807) is 6.07 Å². The third kappa shape index (κ3) is 3.13. The van der Waals surface area contributed by atoms with Crippen molar-refractivity contribution in [3.63, 3.8) is 0 Å². The maximum Gasteiger partial charge on any atom is 0.244 e. The van der Waals surface area contributed by atoms with E-state index in [4.69, 9.17) is 16.1 Å². The first kappa shape index (κ1) is 13.9. The molecule has 1 aromatic carbocycles. The molecule has 7 heteroatoms. The van der Waals surface area contributed by atoms with E-state index in [0.29, 0.717) is 23.2 Å². The van der Waals surface area contributed by atoms with Gasteiger partial charge in [0.15, 0.2) is 5.82 Å². The van der Waals surface area contributed by atoms with Gasteiger partial charge in [0, 0.05) is 29.5 Å². The van der Waals surface area contributed by atoms with Gasteiger partial charge < -0.3 is 9.84 Å². The van der Waals surface area contributed by atoms with Crippen LogP contribution in [0.25, 0.3) is 0 Å². The number of nitrogens with one attached hydrogen (secondary N) is 1. The van der Waals surface area contributed by atoms with Crippen molar-refractivity contribution in [3.05, 3.63) is 46.3 Å². The summed E-state index contributed by atoms with van der Waals surface area (Å²) in [6, 6.07) is 4.42. The molecule has 1 saturated heterocycles. The van der Waals surface area contributed by atoms with E-state index < -0.39 is 0 Å². The molecular weight excluding hydrogens is 301 g/mol. The van der Waals surface area contributed by atoms with Crippen LogP contribution in [0.2, 0.25) is 5.02 Å². The Kier molecular flexibility index (Phi) is 4.24. The predicted octanol–water partition coefficient (Wildman–Crippen LogP) is 2.83. The van der Waals surface area contributed by atoms with Crippen molar-refractivity contribution in [2.45, 2.75) is 12.5 Å². The summed E-state index contributed by atoms with van der Waals surface area (Å²) < 4.78 is 18.3. The fraction of sp³-hybridized carbons (Fsp3) is 0.385. The van der Waals surface area contributed by atoms with Gasteiger partial charge in [0.1, 0.15) is 5.82 Å². The fourth-order valence-corrected chi connectivity index (χ4v) is 3.20. The lowest BCUT2D eigenvalue weighted by atomic mass is 10.1. The number of rotatable bonds is 3. The van der Waals surface area contributed by atoms with Crippen molar-refractivity contribution in [1.29, 1.82) is 0 Å². The van der Waals surface area contributed by atoms with E-state index in [0.717, 1.165) is 23.6 Å². The highest BCUT2D eigenvalue weighted by atomic mass is 35.5. The van der Waals surface area contributed by atoms with Crippen LogP contribution in [-0.2, 0) is 6.42 Å². The van der Waals surface area contributed by atoms with Crippen LogP contribution in [0.3, 0.4) is 0 Å². The Morgan fingerprint density at radius 1 is 1.50 bits per heavy atom. The summed E-state index contributed by atoms with van der Waals surface area (Å²) in [6.45, 7) is 0.941. The molecule has 0 spiro atoms. The molecule has 0 bridgehead atoms. The predicted molar refractivity (Wildman–Crippen MR) is 76.6 cm³/mol. The molecule has 3 rings (SSSR count). The Labute approximate surface area is 125 Å². The molecule has 1 aromatic heterocycles. The number of halogens is 2. The van der Waals surface area contributed by atoms with Crippen LogP contribution in [0, 0.1) is 5.82 Å². The monoisotopic (exact) mass is 313 g/mol. The number of benzene rings is 1. The Balaban J connectivity index is 1.73. The molecule has 20 heavy (non-hydrogen) atoms. The third-order valence-electron chi connectivity index (χ3n) is 3.07. The lowest BCUT2D eigenvalue weighted by Gasteiger charge is -2.19. The Hall–Kier alpha value is -1.11. The second kappa shape index (κ2) is 6.11. The van der Waals surface area contributed by atoms with Gasteiger partial charge in [-0.25, -0.2) is 4.39 Å². The van der Waals surface area contributed by atoms with Gasteiger partial charge in [0.2, 0.25) is 5.89 Å². The standard InChI is InChI=1S/C13H13ClFN3OS/c14-10-6-9(15)2-1-8(10)5-12-17-13(19-18-12)11-7-20-4-3-16-11/h1-2,6,11,16H,3-5,7H2. The molecule has 1 atom stereocenters. The maximum atomic E-state index is 13.0. The van der Waals surface area contributed by atoms with Crippen LogP contribution in [0.5, 0.6) is 0 Å². The number of nitrogens with zero attached hydrogens (tertiary/aromatic N) is 2. The highest BCUT2D eigenvalue weighted by Crippen LogP contribution is 2.22. The van der Waals surface area contributed by atoms with Gasteiger partial charge in [-0.05, 0) is 17.7 Å². The summed E-state index contributed by atoms with van der Waals surface area (Å²) in [4.78, 5) is 4.39. The Bertz CT molecular complexity index is 601. The zero-order chi connectivity index (χ0) is 13.9. The van der Waals surface area contributed by atoms with Crippen LogP contribution in [0.4, 0.5) is 4.39 Å². The zero-order valence-electron chi connectivity index (χ0n) is 10.6. The largest absolute Gasteiger partial charge is 0.338 e. The number of thioether (sulfide) groups is 1. The van der Waals surface area contributed by atoms with Crippen LogP contribution in [0.15, 0.2) is 22.7 Å². The highest BCUT2D eigenvalue weighted by molar-refractivity contribution is 7.99. The zero-order valence-corrected chi connectivity index (χ0v) is 12.2. The maximum absolute atomic E-state index is 13.0. The second-order valence-electron chi connectivity index (χ2n) is 4.54. The lowest BCUT2D eigenvalue weighted by Crippen LogP contribution is -2.30. The molecule has 106 valence electrons. The lowest BCUT2D eigenvalue weighted by molar-refractivity contribution is 0.339. The molecule has 4 nitrogen and oxygen atoms in total. The van der Waals surface area contributed by atoms with Crippen molar-refractivity contribution in [1.82, 2.24) is 15.5 Å². The average molecular weight is 314 g/mol.